The maximum Gasteiger partial charge on any atom is 0.144 e. The summed E-state index contributed by atoms with van der Waals surface area (Å²) in [5.41, 5.74) is 6.82. The van der Waals surface area contributed by atoms with E-state index < -0.39 is 0 Å². The number of hydrogen-bond acceptors (Lipinski definition) is 3. The molecule has 0 aliphatic heterocycles. The van der Waals surface area contributed by atoms with Crippen LogP contribution in [0.4, 0.5) is 10.1 Å². The van der Waals surface area contributed by atoms with Gasteiger partial charge in [0.1, 0.15) is 24.2 Å². The lowest BCUT2D eigenvalue weighted by Gasteiger charge is -2.10. The lowest BCUT2D eigenvalue weighted by atomic mass is 10.2. The highest BCUT2D eigenvalue weighted by molar-refractivity contribution is 5.63. The van der Waals surface area contributed by atoms with Crippen LogP contribution in [0.5, 0.6) is 5.75 Å². The molecule has 2 aromatic rings. The van der Waals surface area contributed by atoms with Gasteiger partial charge < -0.3 is 10.5 Å². The molecule has 0 amide bonds. The zero-order chi connectivity index (χ0) is 13.0. The number of hydrogen-bond donors (Lipinski definition) is 1. The van der Waals surface area contributed by atoms with Crippen molar-refractivity contribution in [3.63, 3.8) is 0 Å². The van der Waals surface area contributed by atoms with E-state index in [2.05, 4.69) is 0 Å². The topological polar surface area (TPSA) is 59.0 Å². The number of nitriles is 1. The first-order valence-corrected chi connectivity index (χ1v) is 5.37. The minimum atomic E-state index is -0.326. The van der Waals surface area contributed by atoms with Gasteiger partial charge in [0.15, 0.2) is 0 Å². The van der Waals surface area contributed by atoms with Crippen LogP contribution < -0.4 is 10.5 Å². The van der Waals surface area contributed by atoms with Crippen LogP contribution in [0, 0.1) is 17.1 Å². The fraction of sp³-hybridized carbons (Fsp3) is 0.0714. The van der Waals surface area contributed by atoms with Gasteiger partial charge >= 0.3 is 0 Å². The van der Waals surface area contributed by atoms with Gasteiger partial charge in [-0.2, -0.15) is 5.26 Å². The van der Waals surface area contributed by atoms with E-state index in [9.17, 15) is 4.39 Å². The summed E-state index contributed by atoms with van der Waals surface area (Å²) in [7, 11) is 0. The zero-order valence-electron chi connectivity index (χ0n) is 9.56. The van der Waals surface area contributed by atoms with Crippen LogP contribution in [0.3, 0.4) is 0 Å². The third-order valence-electron chi connectivity index (χ3n) is 2.53. The number of benzene rings is 2. The summed E-state index contributed by atoms with van der Waals surface area (Å²) < 4.78 is 18.8. The van der Waals surface area contributed by atoms with Crippen molar-refractivity contribution in [2.75, 3.05) is 5.73 Å². The van der Waals surface area contributed by atoms with Crippen LogP contribution in [0.2, 0.25) is 0 Å². The molecule has 0 aliphatic rings. The Kier molecular flexibility index (Phi) is 3.44. The number of halogens is 1. The van der Waals surface area contributed by atoms with Gasteiger partial charge in [-0.05, 0) is 18.2 Å². The normalized spacial score (nSPS) is 9.78. The fourth-order valence-electron chi connectivity index (χ4n) is 1.54. The molecule has 0 atom stereocenters. The number of para-hydroxylation sites is 1. The Morgan fingerprint density at radius 3 is 2.67 bits per heavy atom. The van der Waals surface area contributed by atoms with E-state index in [-0.39, 0.29) is 18.1 Å². The SMILES string of the molecule is N#Cc1cccc(OCc2ccccc2F)c1N. The predicted octanol–water partition coefficient (Wildman–Crippen LogP) is 2.86. The summed E-state index contributed by atoms with van der Waals surface area (Å²) in [4.78, 5) is 0. The Balaban J connectivity index is 2.17. The largest absolute Gasteiger partial charge is 0.487 e. The second-order valence-electron chi connectivity index (χ2n) is 3.71. The Morgan fingerprint density at radius 1 is 1.17 bits per heavy atom. The van der Waals surface area contributed by atoms with Crippen molar-refractivity contribution in [1.82, 2.24) is 0 Å². The Morgan fingerprint density at radius 2 is 1.94 bits per heavy atom. The lowest BCUT2D eigenvalue weighted by molar-refractivity contribution is 0.301. The van der Waals surface area contributed by atoms with Crippen molar-refractivity contribution < 1.29 is 9.13 Å². The number of rotatable bonds is 3. The maximum atomic E-state index is 13.4. The molecular formula is C14H11FN2O. The van der Waals surface area contributed by atoms with Crippen molar-refractivity contribution in [3.05, 3.63) is 59.4 Å². The summed E-state index contributed by atoms with van der Waals surface area (Å²) in [5, 5.41) is 8.83. The van der Waals surface area contributed by atoms with Crippen LogP contribution in [0.25, 0.3) is 0 Å². The number of nitrogens with zero attached hydrogens (tertiary/aromatic N) is 1. The van der Waals surface area contributed by atoms with Crippen molar-refractivity contribution >= 4 is 5.69 Å². The maximum absolute atomic E-state index is 13.4. The first kappa shape index (κ1) is 11.9. The summed E-state index contributed by atoms with van der Waals surface area (Å²) >= 11 is 0. The van der Waals surface area contributed by atoms with Crippen LogP contribution in [0.15, 0.2) is 42.5 Å². The molecule has 2 N–H and O–H groups in total. The molecule has 0 radical (unpaired) electrons. The summed E-state index contributed by atoms with van der Waals surface area (Å²) in [6.45, 7) is 0.0752. The number of ether oxygens (including phenoxy) is 1. The molecule has 2 rings (SSSR count). The van der Waals surface area contributed by atoms with Gasteiger partial charge in [0.2, 0.25) is 0 Å². The monoisotopic (exact) mass is 242 g/mol. The zero-order valence-corrected chi connectivity index (χ0v) is 9.56. The third-order valence-corrected chi connectivity index (χ3v) is 2.53. The lowest BCUT2D eigenvalue weighted by Crippen LogP contribution is -2.01. The molecule has 0 heterocycles. The van der Waals surface area contributed by atoms with Gasteiger partial charge in [-0.25, -0.2) is 4.39 Å². The molecule has 0 spiro atoms. The molecule has 0 saturated carbocycles. The first-order valence-electron chi connectivity index (χ1n) is 5.37. The van der Waals surface area contributed by atoms with E-state index >= 15 is 0 Å². The van der Waals surface area contributed by atoms with Crippen molar-refractivity contribution in [1.29, 1.82) is 5.26 Å². The second kappa shape index (κ2) is 5.19. The molecule has 4 heteroatoms. The molecule has 0 aliphatic carbocycles. The molecule has 0 saturated heterocycles. The minimum Gasteiger partial charge on any atom is -0.487 e. The molecule has 0 unspecified atom stereocenters. The average molecular weight is 242 g/mol. The van der Waals surface area contributed by atoms with Crippen LogP contribution in [-0.2, 0) is 6.61 Å². The van der Waals surface area contributed by atoms with Gasteiger partial charge in [0.25, 0.3) is 0 Å². The standard InChI is InChI=1S/C14H11FN2O/c15-12-6-2-1-4-11(12)9-18-13-7-3-5-10(8-16)14(13)17/h1-7H,9,17H2. The van der Waals surface area contributed by atoms with E-state index in [1.54, 1.807) is 36.4 Å². The minimum absolute atomic E-state index is 0.0752. The van der Waals surface area contributed by atoms with Gasteiger partial charge in [-0.3, -0.25) is 0 Å². The van der Waals surface area contributed by atoms with E-state index in [4.69, 9.17) is 15.7 Å². The molecule has 0 aromatic heterocycles. The molecule has 18 heavy (non-hydrogen) atoms. The van der Waals surface area contributed by atoms with Crippen LogP contribution in [-0.4, -0.2) is 0 Å². The Hall–Kier alpha value is -2.54. The van der Waals surface area contributed by atoms with E-state index in [0.717, 1.165) is 0 Å². The van der Waals surface area contributed by atoms with Crippen LogP contribution >= 0.6 is 0 Å². The number of nitrogens with two attached hydrogens (primary N) is 1. The quantitative estimate of drug-likeness (QED) is 0.842. The highest BCUT2D eigenvalue weighted by Gasteiger charge is 2.07. The predicted molar refractivity (Wildman–Crippen MR) is 66.3 cm³/mol. The Labute approximate surface area is 104 Å². The second-order valence-corrected chi connectivity index (χ2v) is 3.71. The van der Waals surface area contributed by atoms with Gasteiger partial charge in [-0.15, -0.1) is 0 Å². The van der Waals surface area contributed by atoms with Gasteiger partial charge in [-0.1, -0.05) is 24.3 Å². The first-order chi connectivity index (χ1) is 8.72. The van der Waals surface area contributed by atoms with Crippen molar-refractivity contribution in [2.24, 2.45) is 0 Å². The van der Waals surface area contributed by atoms with Crippen LogP contribution in [0.1, 0.15) is 11.1 Å². The highest BCUT2D eigenvalue weighted by Crippen LogP contribution is 2.25. The summed E-state index contributed by atoms with van der Waals surface area (Å²) in [6.07, 6.45) is 0. The number of anilines is 1. The molecule has 2 aromatic carbocycles. The van der Waals surface area contributed by atoms with Gasteiger partial charge in [0.05, 0.1) is 11.3 Å². The van der Waals surface area contributed by atoms with E-state index in [1.807, 2.05) is 6.07 Å². The van der Waals surface area contributed by atoms with E-state index in [0.29, 0.717) is 16.9 Å². The molecule has 0 fully saturated rings. The van der Waals surface area contributed by atoms with E-state index in [1.165, 1.54) is 6.07 Å². The van der Waals surface area contributed by atoms with Crippen molar-refractivity contribution in [2.45, 2.75) is 6.61 Å². The Bertz CT molecular complexity index is 605. The van der Waals surface area contributed by atoms with Gasteiger partial charge in [0, 0.05) is 5.56 Å². The fourth-order valence-corrected chi connectivity index (χ4v) is 1.54. The molecule has 0 bridgehead atoms. The van der Waals surface area contributed by atoms with Crippen molar-refractivity contribution in [3.8, 4) is 11.8 Å². The smallest absolute Gasteiger partial charge is 0.144 e. The number of nitrogen functional groups attached to an aromatic ring is 1. The molecular weight excluding hydrogens is 231 g/mol. The molecule has 3 nitrogen and oxygen atoms in total. The summed E-state index contributed by atoms with van der Waals surface area (Å²) in [6, 6.07) is 13.2. The third kappa shape index (κ3) is 2.41. The average Bonchev–Trinajstić information content (AvgIpc) is 2.39. The summed E-state index contributed by atoms with van der Waals surface area (Å²) in [5.74, 6) is 0.0600. The highest BCUT2D eigenvalue weighted by atomic mass is 19.1. The molecule has 90 valence electrons.